The lowest BCUT2D eigenvalue weighted by molar-refractivity contribution is -0.394. The van der Waals surface area contributed by atoms with Crippen molar-refractivity contribution in [3.63, 3.8) is 0 Å². The van der Waals surface area contributed by atoms with Crippen molar-refractivity contribution in [2.45, 2.75) is 6.92 Å². The van der Waals surface area contributed by atoms with Crippen LogP contribution in [0.5, 0.6) is 17.2 Å². The van der Waals surface area contributed by atoms with Gasteiger partial charge in [0.2, 0.25) is 5.75 Å². The third kappa shape index (κ3) is 3.29. The molecule has 0 bridgehead atoms. The van der Waals surface area contributed by atoms with Crippen molar-refractivity contribution in [1.82, 2.24) is 0 Å². The molecule has 2 aromatic carbocycles. The fourth-order valence-electron chi connectivity index (χ4n) is 1.78. The minimum atomic E-state index is -0.731. The zero-order valence-electron chi connectivity index (χ0n) is 11.6. The predicted octanol–water partition coefficient (Wildman–Crippen LogP) is 3.69. The molecule has 0 aliphatic heterocycles. The Labute approximate surface area is 125 Å². The molecule has 0 N–H and O–H groups in total. The van der Waals surface area contributed by atoms with Crippen LogP contribution in [-0.4, -0.2) is 16.5 Å². The number of benzene rings is 2. The lowest BCUT2D eigenvalue weighted by atomic mass is 10.2. The average Bonchev–Trinajstić information content (AvgIpc) is 2.49. The van der Waals surface area contributed by atoms with Crippen LogP contribution in [0, 0.1) is 20.2 Å². The lowest BCUT2D eigenvalue weighted by Gasteiger charge is -2.11. The quantitative estimate of drug-likeness (QED) is 0.595. The summed E-state index contributed by atoms with van der Waals surface area (Å²) >= 11 is 0. The van der Waals surface area contributed by atoms with Gasteiger partial charge in [-0.25, -0.2) is 0 Å². The highest BCUT2D eigenvalue weighted by atomic mass is 16.6. The minimum absolute atomic E-state index is 0.0947. The van der Waals surface area contributed by atoms with Crippen LogP contribution in [0.25, 0.3) is 0 Å². The summed E-state index contributed by atoms with van der Waals surface area (Å²) < 4.78 is 10.9. The van der Waals surface area contributed by atoms with Gasteiger partial charge in [0, 0.05) is 6.07 Å². The van der Waals surface area contributed by atoms with Gasteiger partial charge < -0.3 is 9.47 Å². The van der Waals surface area contributed by atoms with Crippen LogP contribution in [0.3, 0.4) is 0 Å². The highest BCUT2D eigenvalue weighted by Gasteiger charge is 2.22. The topological polar surface area (TPSA) is 105 Å². The van der Waals surface area contributed by atoms with Crippen molar-refractivity contribution in [3.8, 4) is 17.2 Å². The van der Waals surface area contributed by atoms with Gasteiger partial charge in [-0.1, -0.05) is 12.1 Å². The maximum Gasteiger partial charge on any atom is 0.318 e. The molecule has 114 valence electrons. The molecular formula is C14H12N2O6. The molecule has 0 saturated carbocycles. The van der Waals surface area contributed by atoms with E-state index in [1.807, 2.05) is 0 Å². The number of para-hydroxylation sites is 2. The molecule has 0 aliphatic carbocycles. The van der Waals surface area contributed by atoms with Gasteiger partial charge in [0.05, 0.1) is 22.5 Å². The van der Waals surface area contributed by atoms with Crippen molar-refractivity contribution in [3.05, 3.63) is 62.7 Å². The van der Waals surface area contributed by atoms with E-state index in [1.54, 1.807) is 31.2 Å². The molecule has 0 amide bonds. The minimum Gasteiger partial charge on any atom is -0.490 e. The summed E-state index contributed by atoms with van der Waals surface area (Å²) in [4.78, 5) is 20.3. The molecular weight excluding hydrogens is 292 g/mol. The zero-order valence-corrected chi connectivity index (χ0v) is 11.6. The van der Waals surface area contributed by atoms with Crippen molar-refractivity contribution in [2.24, 2.45) is 0 Å². The summed E-state index contributed by atoms with van der Waals surface area (Å²) in [6.45, 7) is 2.20. The first-order valence-corrected chi connectivity index (χ1v) is 6.35. The van der Waals surface area contributed by atoms with Crippen LogP contribution in [0.2, 0.25) is 0 Å². The van der Waals surface area contributed by atoms with E-state index in [-0.39, 0.29) is 11.4 Å². The molecule has 0 atom stereocenters. The van der Waals surface area contributed by atoms with E-state index in [1.165, 1.54) is 6.07 Å². The molecule has 22 heavy (non-hydrogen) atoms. The van der Waals surface area contributed by atoms with Gasteiger partial charge in [-0.15, -0.1) is 0 Å². The smallest absolute Gasteiger partial charge is 0.318 e. The summed E-state index contributed by atoms with van der Waals surface area (Å²) in [5, 5.41) is 21.8. The first kappa shape index (κ1) is 15.2. The molecule has 0 radical (unpaired) electrons. The Bertz CT molecular complexity index is 716. The molecule has 0 heterocycles. The Hall–Kier alpha value is -3.16. The SMILES string of the molecule is CCOc1ccccc1Oc1ccc([N+](=O)[O-])cc1[N+](=O)[O-]. The normalized spacial score (nSPS) is 10.0. The Kier molecular flexibility index (Phi) is 4.52. The van der Waals surface area contributed by atoms with E-state index in [0.29, 0.717) is 18.1 Å². The predicted molar refractivity (Wildman–Crippen MR) is 77.4 cm³/mol. The summed E-state index contributed by atoms with van der Waals surface area (Å²) in [5.74, 6) is 0.627. The van der Waals surface area contributed by atoms with Crippen LogP contribution in [-0.2, 0) is 0 Å². The third-order valence-electron chi connectivity index (χ3n) is 2.72. The molecule has 0 aromatic heterocycles. The van der Waals surface area contributed by atoms with E-state index in [4.69, 9.17) is 9.47 Å². The number of rotatable bonds is 6. The number of hydrogen-bond acceptors (Lipinski definition) is 6. The Morgan fingerprint density at radius 2 is 1.64 bits per heavy atom. The van der Waals surface area contributed by atoms with E-state index in [2.05, 4.69) is 0 Å². The van der Waals surface area contributed by atoms with E-state index in [9.17, 15) is 20.2 Å². The summed E-state index contributed by atoms with van der Waals surface area (Å²) in [7, 11) is 0. The second kappa shape index (κ2) is 6.53. The number of non-ortho nitro benzene ring substituents is 1. The highest BCUT2D eigenvalue weighted by Crippen LogP contribution is 2.37. The summed E-state index contributed by atoms with van der Waals surface area (Å²) in [6, 6.07) is 9.88. The molecule has 8 nitrogen and oxygen atoms in total. The molecule has 2 aromatic rings. The van der Waals surface area contributed by atoms with Crippen molar-refractivity contribution < 1.29 is 19.3 Å². The maximum atomic E-state index is 11.1. The zero-order chi connectivity index (χ0) is 16.1. The van der Waals surface area contributed by atoms with Crippen molar-refractivity contribution >= 4 is 11.4 Å². The van der Waals surface area contributed by atoms with Crippen molar-refractivity contribution in [1.29, 1.82) is 0 Å². The third-order valence-corrected chi connectivity index (χ3v) is 2.72. The molecule has 0 saturated heterocycles. The average molecular weight is 304 g/mol. The van der Waals surface area contributed by atoms with Gasteiger partial charge in [-0.05, 0) is 25.1 Å². The van der Waals surface area contributed by atoms with E-state index >= 15 is 0 Å². The van der Waals surface area contributed by atoms with Crippen LogP contribution in [0.1, 0.15) is 6.92 Å². The summed E-state index contributed by atoms with van der Waals surface area (Å²) in [5.41, 5.74) is -0.863. The van der Waals surface area contributed by atoms with Gasteiger partial charge in [-0.3, -0.25) is 20.2 Å². The number of nitro groups is 2. The van der Waals surface area contributed by atoms with Crippen LogP contribution in [0.4, 0.5) is 11.4 Å². The lowest BCUT2D eigenvalue weighted by Crippen LogP contribution is -1.98. The first-order chi connectivity index (χ1) is 10.5. The maximum absolute atomic E-state index is 11.1. The van der Waals surface area contributed by atoms with Gasteiger partial charge in [0.15, 0.2) is 11.5 Å². The molecule has 8 heteroatoms. The standard InChI is InChI=1S/C14H12N2O6/c1-2-21-13-5-3-4-6-14(13)22-12-8-7-10(15(17)18)9-11(12)16(19)20/h3-9H,2H2,1H3. The molecule has 0 aliphatic rings. The Morgan fingerprint density at radius 1 is 0.955 bits per heavy atom. The Balaban J connectivity index is 2.41. The second-order valence-corrected chi connectivity index (χ2v) is 4.15. The molecule has 0 spiro atoms. The van der Waals surface area contributed by atoms with Crippen LogP contribution < -0.4 is 9.47 Å². The van der Waals surface area contributed by atoms with Crippen molar-refractivity contribution in [2.75, 3.05) is 6.61 Å². The molecule has 0 fully saturated rings. The monoisotopic (exact) mass is 304 g/mol. The number of nitrogens with zero attached hydrogens (tertiary/aromatic N) is 2. The fraction of sp³-hybridized carbons (Fsp3) is 0.143. The van der Waals surface area contributed by atoms with Gasteiger partial charge in [-0.2, -0.15) is 0 Å². The first-order valence-electron chi connectivity index (χ1n) is 6.35. The summed E-state index contributed by atoms with van der Waals surface area (Å²) in [6.07, 6.45) is 0. The highest BCUT2D eigenvalue weighted by molar-refractivity contribution is 5.56. The van der Waals surface area contributed by atoms with E-state index < -0.39 is 15.5 Å². The second-order valence-electron chi connectivity index (χ2n) is 4.15. The van der Waals surface area contributed by atoms with Crippen LogP contribution >= 0.6 is 0 Å². The largest absolute Gasteiger partial charge is 0.490 e. The fourth-order valence-corrected chi connectivity index (χ4v) is 1.78. The van der Waals surface area contributed by atoms with E-state index in [0.717, 1.165) is 12.1 Å². The van der Waals surface area contributed by atoms with Gasteiger partial charge in [0.1, 0.15) is 0 Å². The van der Waals surface area contributed by atoms with Gasteiger partial charge in [0.25, 0.3) is 5.69 Å². The van der Waals surface area contributed by atoms with Gasteiger partial charge >= 0.3 is 5.69 Å². The van der Waals surface area contributed by atoms with Crippen LogP contribution in [0.15, 0.2) is 42.5 Å². The molecule has 2 rings (SSSR count). The Morgan fingerprint density at radius 3 is 2.23 bits per heavy atom. The number of ether oxygens (including phenoxy) is 2. The molecule has 0 unspecified atom stereocenters. The number of hydrogen-bond donors (Lipinski definition) is 0. The number of nitro benzene ring substituents is 2.